The van der Waals surface area contributed by atoms with E-state index in [1.54, 1.807) is 15.9 Å². The zero-order chi connectivity index (χ0) is 20.0. The number of amides is 2. The van der Waals surface area contributed by atoms with Crippen LogP contribution in [0.25, 0.3) is 0 Å². The first-order chi connectivity index (χ1) is 12.7. The molecule has 2 amide bonds. The summed E-state index contributed by atoms with van der Waals surface area (Å²) in [6, 6.07) is 9.51. The number of hydrogen-bond acceptors (Lipinski definition) is 4. The fourth-order valence-electron chi connectivity index (χ4n) is 3.25. The highest BCUT2D eigenvalue weighted by molar-refractivity contribution is 5.80. The number of hydrogen-bond donors (Lipinski definition) is 0. The molecule has 2 rings (SSSR count). The van der Waals surface area contributed by atoms with E-state index in [4.69, 9.17) is 4.74 Å². The van der Waals surface area contributed by atoms with Crippen LogP contribution < -0.4 is 0 Å². The summed E-state index contributed by atoms with van der Waals surface area (Å²) in [4.78, 5) is 28.8. The van der Waals surface area contributed by atoms with Crippen molar-refractivity contribution >= 4 is 12.0 Å². The molecule has 1 aromatic rings. The largest absolute Gasteiger partial charge is 0.444 e. The molecule has 1 heterocycles. The van der Waals surface area contributed by atoms with Crippen LogP contribution in [0.1, 0.15) is 51.7 Å². The lowest BCUT2D eigenvalue weighted by Gasteiger charge is -2.35. The van der Waals surface area contributed by atoms with E-state index in [9.17, 15) is 14.9 Å². The number of nitrogens with zero attached hydrogens (tertiary/aromatic N) is 3. The molecule has 1 aromatic carbocycles. The van der Waals surface area contributed by atoms with E-state index in [1.807, 2.05) is 45.9 Å². The molecule has 0 aromatic heterocycles. The van der Waals surface area contributed by atoms with Crippen LogP contribution in [0.2, 0.25) is 0 Å². The Morgan fingerprint density at radius 1 is 1.33 bits per heavy atom. The van der Waals surface area contributed by atoms with Gasteiger partial charge in [0.1, 0.15) is 5.60 Å². The van der Waals surface area contributed by atoms with Crippen molar-refractivity contribution in [2.45, 2.75) is 52.7 Å². The number of piperidine rings is 1. The lowest BCUT2D eigenvalue weighted by atomic mass is 9.96. The van der Waals surface area contributed by atoms with Gasteiger partial charge in [0, 0.05) is 26.2 Å². The molecular formula is C21H29N3O3. The second-order valence-electron chi connectivity index (χ2n) is 7.89. The number of likely N-dealkylation sites (tertiary alicyclic amines) is 1. The highest BCUT2D eigenvalue weighted by Gasteiger charge is 2.33. The smallest absolute Gasteiger partial charge is 0.410 e. The molecule has 0 bridgehead atoms. The normalized spacial score (nSPS) is 17.1. The van der Waals surface area contributed by atoms with E-state index in [2.05, 4.69) is 6.07 Å². The molecule has 0 spiro atoms. The van der Waals surface area contributed by atoms with Crippen LogP contribution in [0.4, 0.5) is 4.79 Å². The average Bonchev–Trinajstić information content (AvgIpc) is 2.64. The lowest BCUT2D eigenvalue weighted by Crippen LogP contribution is -2.47. The Labute approximate surface area is 161 Å². The maximum Gasteiger partial charge on any atom is 0.410 e. The second-order valence-corrected chi connectivity index (χ2v) is 7.89. The standard InChI is InChI=1S/C21H29N3O3/c1-5-23(14-17-10-7-6-9-16(17)13-22)19(25)18-11-8-12-24(15-18)20(26)27-21(2,3)4/h6-7,9-10,18H,5,8,11-12,14-15H2,1-4H3/t18-/m1/s1. The maximum absolute atomic E-state index is 13.1. The molecule has 1 aliphatic rings. The van der Waals surface area contributed by atoms with E-state index in [0.29, 0.717) is 31.7 Å². The van der Waals surface area contributed by atoms with Crippen LogP contribution in [0.5, 0.6) is 0 Å². The van der Waals surface area contributed by atoms with Crippen molar-refractivity contribution in [1.29, 1.82) is 5.26 Å². The number of carbonyl (C=O) groups excluding carboxylic acids is 2. The third-order valence-corrected chi connectivity index (χ3v) is 4.61. The molecule has 1 aliphatic heterocycles. The van der Waals surface area contributed by atoms with E-state index < -0.39 is 5.60 Å². The van der Waals surface area contributed by atoms with Gasteiger partial charge in [0.2, 0.25) is 5.91 Å². The van der Waals surface area contributed by atoms with Crippen LogP contribution in [0.3, 0.4) is 0 Å². The summed E-state index contributed by atoms with van der Waals surface area (Å²) in [6.45, 7) is 9.39. The zero-order valence-corrected chi connectivity index (χ0v) is 16.7. The minimum Gasteiger partial charge on any atom is -0.444 e. The fraction of sp³-hybridized carbons (Fsp3) is 0.571. The van der Waals surface area contributed by atoms with Crippen molar-refractivity contribution in [3.63, 3.8) is 0 Å². The molecule has 6 heteroatoms. The molecule has 0 unspecified atom stereocenters. The van der Waals surface area contributed by atoms with Gasteiger partial charge in [-0.1, -0.05) is 18.2 Å². The molecule has 27 heavy (non-hydrogen) atoms. The maximum atomic E-state index is 13.1. The first kappa shape index (κ1) is 20.8. The van der Waals surface area contributed by atoms with E-state index in [0.717, 1.165) is 18.4 Å². The first-order valence-corrected chi connectivity index (χ1v) is 9.50. The third-order valence-electron chi connectivity index (χ3n) is 4.61. The number of carbonyl (C=O) groups is 2. The van der Waals surface area contributed by atoms with Gasteiger partial charge in [0.15, 0.2) is 0 Å². The van der Waals surface area contributed by atoms with Gasteiger partial charge in [-0.3, -0.25) is 4.79 Å². The van der Waals surface area contributed by atoms with Crippen LogP contribution in [-0.2, 0) is 16.1 Å². The first-order valence-electron chi connectivity index (χ1n) is 9.50. The van der Waals surface area contributed by atoms with Gasteiger partial charge in [-0.2, -0.15) is 5.26 Å². The summed E-state index contributed by atoms with van der Waals surface area (Å²) in [6.07, 6.45) is 1.18. The van der Waals surface area contributed by atoms with Gasteiger partial charge in [0.05, 0.1) is 17.6 Å². The Balaban J connectivity index is 2.06. The summed E-state index contributed by atoms with van der Waals surface area (Å²) < 4.78 is 5.44. The molecule has 6 nitrogen and oxygen atoms in total. The van der Waals surface area contributed by atoms with E-state index in [1.165, 1.54) is 0 Å². The highest BCUT2D eigenvalue weighted by atomic mass is 16.6. The molecule has 1 atom stereocenters. The number of ether oxygens (including phenoxy) is 1. The SMILES string of the molecule is CCN(Cc1ccccc1C#N)C(=O)[C@@H]1CCCN(C(=O)OC(C)(C)C)C1. The number of rotatable bonds is 4. The van der Waals surface area contributed by atoms with Gasteiger partial charge >= 0.3 is 6.09 Å². The third kappa shape index (κ3) is 5.72. The molecule has 1 saturated heterocycles. The predicted octanol–water partition coefficient (Wildman–Crippen LogP) is 3.55. The zero-order valence-electron chi connectivity index (χ0n) is 16.7. The summed E-state index contributed by atoms with van der Waals surface area (Å²) in [5, 5.41) is 9.27. The van der Waals surface area contributed by atoms with Crippen molar-refractivity contribution in [2.75, 3.05) is 19.6 Å². The van der Waals surface area contributed by atoms with Crippen LogP contribution in [-0.4, -0.2) is 47.0 Å². The Morgan fingerprint density at radius 2 is 2.04 bits per heavy atom. The van der Waals surface area contributed by atoms with Crippen molar-refractivity contribution in [3.05, 3.63) is 35.4 Å². The lowest BCUT2D eigenvalue weighted by molar-refractivity contribution is -0.137. The predicted molar refractivity (Wildman–Crippen MR) is 103 cm³/mol. The average molecular weight is 371 g/mol. The fourth-order valence-corrected chi connectivity index (χ4v) is 3.25. The van der Waals surface area contributed by atoms with Crippen molar-refractivity contribution in [2.24, 2.45) is 5.92 Å². The Bertz CT molecular complexity index is 718. The molecule has 1 fully saturated rings. The van der Waals surface area contributed by atoms with Crippen molar-refractivity contribution in [3.8, 4) is 6.07 Å². The van der Waals surface area contributed by atoms with Gasteiger partial charge in [-0.25, -0.2) is 4.79 Å². The second kappa shape index (κ2) is 8.90. The van der Waals surface area contributed by atoms with E-state index >= 15 is 0 Å². The molecule has 0 aliphatic carbocycles. The quantitative estimate of drug-likeness (QED) is 0.811. The van der Waals surface area contributed by atoms with Gasteiger partial charge in [-0.15, -0.1) is 0 Å². The number of nitriles is 1. The summed E-state index contributed by atoms with van der Waals surface area (Å²) >= 11 is 0. The van der Waals surface area contributed by atoms with Gasteiger partial charge in [-0.05, 0) is 52.2 Å². The minimum atomic E-state index is -0.551. The summed E-state index contributed by atoms with van der Waals surface area (Å²) in [5.74, 6) is -0.209. The Morgan fingerprint density at radius 3 is 2.67 bits per heavy atom. The van der Waals surface area contributed by atoms with Crippen LogP contribution in [0.15, 0.2) is 24.3 Å². The van der Waals surface area contributed by atoms with Crippen LogP contribution in [0, 0.1) is 17.2 Å². The summed E-state index contributed by atoms with van der Waals surface area (Å²) in [7, 11) is 0. The van der Waals surface area contributed by atoms with Crippen LogP contribution >= 0.6 is 0 Å². The molecule has 0 radical (unpaired) electrons. The molecule has 146 valence electrons. The van der Waals surface area contributed by atoms with Crippen molar-refractivity contribution in [1.82, 2.24) is 9.80 Å². The molecule has 0 N–H and O–H groups in total. The number of benzene rings is 1. The topological polar surface area (TPSA) is 73.6 Å². The highest BCUT2D eigenvalue weighted by Crippen LogP contribution is 2.22. The molecule has 0 saturated carbocycles. The van der Waals surface area contributed by atoms with E-state index in [-0.39, 0.29) is 17.9 Å². The van der Waals surface area contributed by atoms with Gasteiger partial charge in [0.25, 0.3) is 0 Å². The monoisotopic (exact) mass is 371 g/mol. The Kier molecular flexibility index (Phi) is 6.84. The summed E-state index contributed by atoms with van der Waals surface area (Å²) in [5.41, 5.74) is 0.877. The minimum absolute atomic E-state index is 0.0264. The Hall–Kier alpha value is -2.55. The van der Waals surface area contributed by atoms with Crippen molar-refractivity contribution < 1.29 is 14.3 Å². The molecular weight excluding hydrogens is 342 g/mol. The van der Waals surface area contributed by atoms with Gasteiger partial charge < -0.3 is 14.5 Å².